The first kappa shape index (κ1) is 21.6. The summed E-state index contributed by atoms with van der Waals surface area (Å²) < 4.78 is 21.8. The van der Waals surface area contributed by atoms with E-state index in [0.717, 1.165) is 49.7 Å². The summed E-state index contributed by atoms with van der Waals surface area (Å²) in [6, 6.07) is 6.71. The lowest BCUT2D eigenvalue weighted by molar-refractivity contribution is 0.155. The van der Waals surface area contributed by atoms with E-state index in [2.05, 4.69) is 26.5 Å². The van der Waals surface area contributed by atoms with E-state index in [4.69, 9.17) is 26.4 Å². The molecule has 2 aliphatic heterocycles. The Labute approximate surface area is 202 Å². The highest BCUT2D eigenvalue weighted by atomic mass is 35.5. The van der Waals surface area contributed by atoms with Crippen molar-refractivity contribution >= 4 is 23.2 Å². The molecule has 3 aliphatic rings. The molecular formula is C24H27ClFN7O. The lowest BCUT2D eigenvalue weighted by Gasteiger charge is -2.39. The van der Waals surface area contributed by atoms with Crippen LogP contribution in [0.15, 0.2) is 30.5 Å². The molecule has 178 valence electrons. The Hall–Kier alpha value is -2.94. The Morgan fingerprint density at radius 3 is 2.71 bits per heavy atom. The summed E-state index contributed by atoms with van der Waals surface area (Å²) in [5.74, 6) is 2.47. The van der Waals surface area contributed by atoms with Crippen LogP contribution in [0.4, 0.5) is 16.0 Å². The molecule has 2 fully saturated rings. The van der Waals surface area contributed by atoms with Crippen LogP contribution in [0.25, 0.3) is 0 Å². The molecule has 34 heavy (non-hydrogen) atoms. The molecule has 1 N–H and O–H groups in total. The summed E-state index contributed by atoms with van der Waals surface area (Å²) in [4.78, 5) is 7.24. The number of rotatable bonds is 5. The number of hydrogen-bond donors (Lipinski definition) is 1. The third-order valence-electron chi connectivity index (χ3n) is 7.20. The number of aromatic nitrogens is 5. The molecule has 1 aromatic carbocycles. The van der Waals surface area contributed by atoms with Gasteiger partial charge in [-0.05, 0) is 62.6 Å². The zero-order chi connectivity index (χ0) is 23.2. The van der Waals surface area contributed by atoms with Crippen LogP contribution < -0.4 is 15.0 Å². The predicted molar refractivity (Wildman–Crippen MR) is 127 cm³/mol. The average molecular weight is 484 g/mol. The van der Waals surface area contributed by atoms with Gasteiger partial charge in [0, 0.05) is 36.8 Å². The van der Waals surface area contributed by atoms with Gasteiger partial charge in [-0.2, -0.15) is 15.2 Å². The Kier molecular flexibility index (Phi) is 5.51. The molecule has 3 aromatic rings. The predicted octanol–water partition coefficient (Wildman–Crippen LogP) is 4.41. The SMILES string of the molecule is Cc1cc(N2C[C@H]3CC[C@@H](C2)C3Nc2nc3n(n2)CCC[C@@H]3Oc2cc(F)cc(Cl)c2)cnn1. The Balaban J connectivity index is 1.17. The van der Waals surface area contributed by atoms with Crippen LogP contribution >= 0.6 is 11.6 Å². The molecule has 2 bridgehead atoms. The number of fused-ring (bicyclic) bond motifs is 3. The number of anilines is 2. The molecule has 1 aliphatic carbocycles. The summed E-state index contributed by atoms with van der Waals surface area (Å²) >= 11 is 6.00. The number of nitrogens with one attached hydrogen (secondary N) is 1. The molecule has 1 saturated heterocycles. The minimum atomic E-state index is -0.415. The fourth-order valence-corrected chi connectivity index (χ4v) is 5.91. The van der Waals surface area contributed by atoms with Gasteiger partial charge in [0.25, 0.3) is 0 Å². The van der Waals surface area contributed by atoms with E-state index in [0.29, 0.717) is 34.6 Å². The summed E-state index contributed by atoms with van der Waals surface area (Å²) in [6.45, 7) is 4.75. The van der Waals surface area contributed by atoms with E-state index in [1.165, 1.54) is 25.0 Å². The van der Waals surface area contributed by atoms with Crippen molar-refractivity contribution in [3.8, 4) is 5.75 Å². The van der Waals surface area contributed by atoms with Crippen molar-refractivity contribution in [1.82, 2.24) is 25.0 Å². The molecule has 8 nitrogen and oxygen atoms in total. The van der Waals surface area contributed by atoms with Crippen LogP contribution in [0.5, 0.6) is 5.75 Å². The van der Waals surface area contributed by atoms with Crippen LogP contribution in [0.1, 0.15) is 43.3 Å². The molecule has 10 heteroatoms. The van der Waals surface area contributed by atoms with Gasteiger partial charge in [-0.1, -0.05) is 11.6 Å². The lowest BCUT2D eigenvalue weighted by atomic mass is 9.92. The van der Waals surface area contributed by atoms with Gasteiger partial charge < -0.3 is 15.0 Å². The quantitative estimate of drug-likeness (QED) is 0.575. The van der Waals surface area contributed by atoms with E-state index in [1.54, 1.807) is 6.07 Å². The van der Waals surface area contributed by atoms with Crippen LogP contribution in [-0.4, -0.2) is 44.1 Å². The topological polar surface area (TPSA) is 81.0 Å². The van der Waals surface area contributed by atoms with Crippen molar-refractivity contribution in [2.75, 3.05) is 23.3 Å². The molecule has 0 radical (unpaired) electrons. The zero-order valence-corrected chi connectivity index (χ0v) is 19.7. The number of piperidine rings is 1. The van der Waals surface area contributed by atoms with E-state index < -0.39 is 5.82 Å². The van der Waals surface area contributed by atoms with Gasteiger partial charge in [0.2, 0.25) is 5.95 Å². The second kappa shape index (κ2) is 8.69. The van der Waals surface area contributed by atoms with Crippen molar-refractivity contribution in [3.05, 3.63) is 52.8 Å². The minimum absolute atomic E-state index is 0.282. The lowest BCUT2D eigenvalue weighted by Crippen LogP contribution is -2.48. The summed E-state index contributed by atoms with van der Waals surface area (Å²) in [5.41, 5.74) is 2.09. The van der Waals surface area contributed by atoms with Gasteiger partial charge >= 0.3 is 0 Å². The van der Waals surface area contributed by atoms with Crippen LogP contribution in [0, 0.1) is 24.6 Å². The van der Waals surface area contributed by atoms with Crippen LogP contribution in [0.2, 0.25) is 5.02 Å². The first-order valence-corrected chi connectivity index (χ1v) is 12.3. The number of ether oxygens (including phenoxy) is 1. The standard InChI is InChI=1S/C24H27ClFN7O/c1-14-7-19(11-27-30-14)32-12-15-4-5-16(13-32)22(15)28-24-29-23-21(3-2-6-33(23)31-24)34-20-9-17(25)8-18(26)10-20/h7-11,15-16,21-22H,2-6,12-13H2,1H3,(H,28,31)/t15-,16+,21-,22?/m0/s1. The van der Waals surface area contributed by atoms with Gasteiger partial charge in [-0.3, -0.25) is 0 Å². The smallest absolute Gasteiger partial charge is 0.242 e. The van der Waals surface area contributed by atoms with Gasteiger partial charge in [0.1, 0.15) is 11.6 Å². The van der Waals surface area contributed by atoms with Crippen molar-refractivity contribution in [1.29, 1.82) is 0 Å². The number of benzene rings is 1. The highest BCUT2D eigenvalue weighted by Gasteiger charge is 2.43. The molecule has 1 unspecified atom stereocenters. The van der Waals surface area contributed by atoms with Crippen molar-refractivity contribution < 1.29 is 9.13 Å². The number of nitrogens with zero attached hydrogens (tertiary/aromatic N) is 6. The number of halogens is 2. The zero-order valence-electron chi connectivity index (χ0n) is 19.0. The molecular weight excluding hydrogens is 457 g/mol. The summed E-state index contributed by atoms with van der Waals surface area (Å²) in [6.07, 6.45) is 5.68. The van der Waals surface area contributed by atoms with Crippen LogP contribution in [-0.2, 0) is 6.54 Å². The fourth-order valence-electron chi connectivity index (χ4n) is 5.70. The van der Waals surface area contributed by atoms with Gasteiger partial charge in [-0.15, -0.1) is 5.10 Å². The van der Waals surface area contributed by atoms with Crippen molar-refractivity contribution in [2.45, 2.75) is 51.3 Å². The Morgan fingerprint density at radius 2 is 1.94 bits per heavy atom. The normalized spacial score (nSPS) is 25.8. The number of hydrogen-bond acceptors (Lipinski definition) is 7. The van der Waals surface area contributed by atoms with Crippen molar-refractivity contribution in [2.24, 2.45) is 11.8 Å². The second-order valence-electron chi connectivity index (χ2n) is 9.60. The first-order chi connectivity index (χ1) is 16.5. The second-order valence-corrected chi connectivity index (χ2v) is 10.0. The van der Waals surface area contributed by atoms with Crippen molar-refractivity contribution in [3.63, 3.8) is 0 Å². The van der Waals surface area contributed by atoms with Crippen LogP contribution in [0.3, 0.4) is 0 Å². The van der Waals surface area contributed by atoms with E-state index >= 15 is 0 Å². The van der Waals surface area contributed by atoms with Gasteiger partial charge in [0.15, 0.2) is 11.9 Å². The maximum atomic E-state index is 13.8. The Bertz CT molecular complexity index is 1170. The monoisotopic (exact) mass is 483 g/mol. The van der Waals surface area contributed by atoms with E-state index in [9.17, 15) is 4.39 Å². The third-order valence-corrected chi connectivity index (χ3v) is 7.41. The number of aryl methyl sites for hydroxylation is 2. The molecule has 4 heterocycles. The average Bonchev–Trinajstić information content (AvgIpc) is 3.30. The first-order valence-electron chi connectivity index (χ1n) is 11.9. The molecule has 2 aromatic heterocycles. The highest BCUT2D eigenvalue weighted by Crippen LogP contribution is 2.40. The van der Waals surface area contributed by atoms with Gasteiger partial charge in [-0.25, -0.2) is 9.07 Å². The fraction of sp³-hybridized carbons (Fsp3) is 0.500. The van der Waals surface area contributed by atoms with Gasteiger partial charge in [0.05, 0.1) is 17.6 Å². The molecule has 4 atom stereocenters. The summed E-state index contributed by atoms with van der Waals surface area (Å²) in [7, 11) is 0. The molecule has 0 spiro atoms. The van der Waals surface area contributed by atoms with E-state index in [-0.39, 0.29) is 6.10 Å². The molecule has 0 amide bonds. The largest absolute Gasteiger partial charge is 0.482 e. The minimum Gasteiger partial charge on any atom is -0.482 e. The van der Waals surface area contributed by atoms with E-state index in [1.807, 2.05) is 17.8 Å². The third kappa shape index (κ3) is 4.17. The highest BCUT2D eigenvalue weighted by molar-refractivity contribution is 6.30. The Morgan fingerprint density at radius 1 is 1.12 bits per heavy atom. The molecule has 1 saturated carbocycles. The summed E-state index contributed by atoms with van der Waals surface area (Å²) in [5, 5.41) is 16.9. The molecule has 6 rings (SSSR count). The maximum Gasteiger partial charge on any atom is 0.242 e. The maximum absolute atomic E-state index is 13.8.